The molecule has 0 aromatic heterocycles. The Morgan fingerprint density at radius 2 is 2.21 bits per heavy atom. The number of hydrogen-bond acceptors (Lipinski definition) is 4. The average molecular weight is 331 g/mol. The van der Waals surface area contributed by atoms with Crippen LogP contribution in [0.4, 0.5) is 5.69 Å². The van der Waals surface area contributed by atoms with Crippen molar-refractivity contribution < 1.29 is 14.3 Å². The van der Waals surface area contributed by atoms with Gasteiger partial charge in [0, 0.05) is 37.2 Å². The fourth-order valence-electron chi connectivity index (χ4n) is 3.60. The molecule has 2 heterocycles. The number of rotatable bonds is 5. The molecule has 1 unspecified atom stereocenters. The zero-order valence-corrected chi connectivity index (χ0v) is 14.4. The van der Waals surface area contributed by atoms with E-state index in [1.807, 2.05) is 6.07 Å². The summed E-state index contributed by atoms with van der Waals surface area (Å²) in [5.41, 5.74) is 2.13. The topological polar surface area (TPSA) is 70.7 Å². The molecule has 1 atom stereocenters. The Labute approximate surface area is 142 Å². The number of nitrogens with one attached hydrogen (secondary N) is 2. The quantitative estimate of drug-likeness (QED) is 0.863. The summed E-state index contributed by atoms with van der Waals surface area (Å²) in [5, 5.41) is 5.80. The highest BCUT2D eigenvalue weighted by Gasteiger charge is 2.26. The molecule has 0 saturated carbocycles. The maximum absolute atomic E-state index is 12.7. The predicted molar refractivity (Wildman–Crippen MR) is 92.5 cm³/mol. The SMILES string of the molecule is CCN1CCCC1CNC(=O)c1cc(NC(C)=O)cc2c1OCC2. The molecular weight excluding hydrogens is 306 g/mol. The van der Waals surface area contributed by atoms with Gasteiger partial charge in [-0.05, 0) is 38.1 Å². The lowest BCUT2D eigenvalue weighted by Crippen LogP contribution is -2.40. The minimum Gasteiger partial charge on any atom is -0.492 e. The molecule has 130 valence electrons. The lowest BCUT2D eigenvalue weighted by molar-refractivity contribution is -0.114. The van der Waals surface area contributed by atoms with Gasteiger partial charge >= 0.3 is 0 Å². The van der Waals surface area contributed by atoms with Gasteiger partial charge in [-0.2, -0.15) is 0 Å². The molecule has 1 fully saturated rings. The molecule has 6 heteroatoms. The fraction of sp³-hybridized carbons (Fsp3) is 0.556. The molecule has 1 saturated heterocycles. The lowest BCUT2D eigenvalue weighted by atomic mass is 10.1. The second kappa shape index (κ2) is 7.21. The van der Waals surface area contributed by atoms with Crippen molar-refractivity contribution in [3.63, 3.8) is 0 Å². The van der Waals surface area contributed by atoms with E-state index in [0.29, 0.717) is 36.2 Å². The van der Waals surface area contributed by atoms with Crippen molar-refractivity contribution in [2.24, 2.45) is 0 Å². The Morgan fingerprint density at radius 1 is 1.38 bits per heavy atom. The Hall–Kier alpha value is -2.08. The summed E-state index contributed by atoms with van der Waals surface area (Å²) in [5.74, 6) is 0.369. The summed E-state index contributed by atoms with van der Waals surface area (Å²) in [4.78, 5) is 26.4. The van der Waals surface area contributed by atoms with Crippen LogP contribution in [0.3, 0.4) is 0 Å². The van der Waals surface area contributed by atoms with E-state index in [9.17, 15) is 9.59 Å². The molecule has 6 nitrogen and oxygen atoms in total. The van der Waals surface area contributed by atoms with Crippen molar-refractivity contribution in [1.82, 2.24) is 10.2 Å². The number of likely N-dealkylation sites (N-methyl/N-ethyl adjacent to an activating group) is 1. The molecule has 3 rings (SSSR count). The number of ether oxygens (including phenoxy) is 1. The molecule has 1 aromatic carbocycles. The number of nitrogens with zero attached hydrogens (tertiary/aromatic N) is 1. The number of carbonyl (C=O) groups is 2. The summed E-state index contributed by atoms with van der Waals surface area (Å²) in [6.45, 7) is 6.95. The van der Waals surface area contributed by atoms with Crippen LogP contribution >= 0.6 is 0 Å². The van der Waals surface area contributed by atoms with Crippen molar-refractivity contribution in [1.29, 1.82) is 0 Å². The maximum atomic E-state index is 12.7. The van der Waals surface area contributed by atoms with Crippen LogP contribution in [0.2, 0.25) is 0 Å². The highest BCUT2D eigenvalue weighted by atomic mass is 16.5. The van der Waals surface area contributed by atoms with E-state index in [4.69, 9.17) is 4.74 Å². The third kappa shape index (κ3) is 3.53. The standard InChI is InChI=1S/C18H25N3O3/c1-3-21-7-4-5-15(21)11-19-18(23)16-10-14(20-12(2)22)9-13-6-8-24-17(13)16/h9-10,15H,3-8,11H2,1-2H3,(H,19,23)(H,20,22). The molecule has 0 radical (unpaired) electrons. The van der Waals surface area contributed by atoms with Gasteiger partial charge in [0.05, 0.1) is 12.2 Å². The molecule has 2 N–H and O–H groups in total. The average Bonchev–Trinajstić information content (AvgIpc) is 3.19. The first-order valence-corrected chi connectivity index (χ1v) is 8.68. The van der Waals surface area contributed by atoms with E-state index >= 15 is 0 Å². The second-order valence-electron chi connectivity index (χ2n) is 6.43. The smallest absolute Gasteiger partial charge is 0.255 e. The van der Waals surface area contributed by atoms with Gasteiger partial charge in [-0.1, -0.05) is 6.92 Å². The number of fused-ring (bicyclic) bond motifs is 1. The molecule has 2 aliphatic heterocycles. The molecule has 2 aliphatic rings. The van der Waals surface area contributed by atoms with Crippen LogP contribution < -0.4 is 15.4 Å². The van der Waals surface area contributed by atoms with Crippen LogP contribution in [0.5, 0.6) is 5.75 Å². The number of anilines is 1. The number of benzene rings is 1. The second-order valence-corrected chi connectivity index (χ2v) is 6.43. The summed E-state index contributed by atoms with van der Waals surface area (Å²) < 4.78 is 5.64. The zero-order chi connectivity index (χ0) is 17.1. The van der Waals surface area contributed by atoms with Gasteiger partial charge in [0.15, 0.2) is 0 Å². The van der Waals surface area contributed by atoms with E-state index in [-0.39, 0.29) is 11.8 Å². The van der Waals surface area contributed by atoms with E-state index in [2.05, 4.69) is 22.5 Å². The Balaban J connectivity index is 1.74. The minimum absolute atomic E-state index is 0.136. The van der Waals surface area contributed by atoms with Gasteiger partial charge in [0.2, 0.25) is 5.91 Å². The summed E-state index contributed by atoms with van der Waals surface area (Å²) in [6.07, 6.45) is 3.06. The first kappa shape index (κ1) is 16.8. The van der Waals surface area contributed by atoms with Gasteiger partial charge in [-0.25, -0.2) is 0 Å². The van der Waals surface area contributed by atoms with Crippen LogP contribution in [-0.2, 0) is 11.2 Å². The highest BCUT2D eigenvalue weighted by molar-refractivity contribution is 6.00. The summed E-state index contributed by atoms with van der Waals surface area (Å²) in [7, 11) is 0. The van der Waals surface area contributed by atoms with Gasteiger partial charge in [-0.15, -0.1) is 0 Å². The number of likely N-dealkylation sites (tertiary alicyclic amines) is 1. The predicted octanol–water partition coefficient (Wildman–Crippen LogP) is 1.79. The largest absolute Gasteiger partial charge is 0.492 e. The summed E-state index contributed by atoms with van der Waals surface area (Å²) >= 11 is 0. The molecule has 2 amide bonds. The third-order valence-electron chi connectivity index (χ3n) is 4.75. The van der Waals surface area contributed by atoms with Crippen LogP contribution in [0.25, 0.3) is 0 Å². The molecule has 0 aliphatic carbocycles. The summed E-state index contributed by atoms with van der Waals surface area (Å²) in [6, 6.07) is 4.00. The molecule has 1 aromatic rings. The van der Waals surface area contributed by atoms with Crippen LogP contribution in [0, 0.1) is 0 Å². The first-order chi connectivity index (χ1) is 11.6. The first-order valence-electron chi connectivity index (χ1n) is 8.68. The van der Waals surface area contributed by atoms with E-state index in [1.54, 1.807) is 6.07 Å². The Kier molecular flexibility index (Phi) is 5.04. The van der Waals surface area contributed by atoms with Crippen LogP contribution in [-0.4, -0.2) is 49.0 Å². The number of hydrogen-bond donors (Lipinski definition) is 2. The molecule has 0 spiro atoms. The highest BCUT2D eigenvalue weighted by Crippen LogP contribution is 2.33. The molecular formula is C18H25N3O3. The third-order valence-corrected chi connectivity index (χ3v) is 4.75. The Bertz CT molecular complexity index is 645. The monoisotopic (exact) mass is 331 g/mol. The van der Waals surface area contributed by atoms with E-state index in [1.165, 1.54) is 13.3 Å². The number of carbonyl (C=O) groups excluding carboxylic acids is 2. The zero-order valence-electron chi connectivity index (χ0n) is 14.4. The minimum atomic E-state index is -0.148. The lowest BCUT2D eigenvalue weighted by Gasteiger charge is -2.23. The van der Waals surface area contributed by atoms with E-state index in [0.717, 1.165) is 31.5 Å². The van der Waals surface area contributed by atoms with Crippen molar-refractivity contribution >= 4 is 17.5 Å². The maximum Gasteiger partial charge on any atom is 0.255 e. The van der Waals surface area contributed by atoms with Gasteiger partial charge in [0.25, 0.3) is 5.91 Å². The molecule has 24 heavy (non-hydrogen) atoms. The van der Waals surface area contributed by atoms with E-state index < -0.39 is 0 Å². The van der Waals surface area contributed by atoms with Gasteiger partial charge in [-0.3, -0.25) is 14.5 Å². The van der Waals surface area contributed by atoms with Crippen molar-refractivity contribution in [3.8, 4) is 5.75 Å². The normalized spacial score (nSPS) is 19.7. The molecule has 0 bridgehead atoms. The van der Waals surface area contributed by atoms with Crippen LogP contribution in [0.15, 0.2) is 12.1 Å². The van der Waals surface area contributed by atoms with Crippen molar-refractivity contribution in [3.05, 3.63) is 23.3 Å². The van der Waals surface area contributed by atoms with Gasteiger partial charge in [0.1, 0.15) is 5.75 Å². The van der Waals surface area contributed by atoms with Gasteiger partial charge < -0.3 is 15.4 Å². The fourth-order valence-corrected chi connectivity index (χ4v) is 3.60. The van der Waals surface area contributed by atoms with Crippen LogP contribution in [0.1, 0.15) is 42.6 Å². The van der Waals surface area contributed by atoms with Crippen molar-refractivity contribution in [2.75, 3.05) is 31.6 Å². The van der Waals surface area contributed by atoms with Crippen molar-refractivity contribution in [2.45, 2.75) is 39.2 Å². The number of amides is 2. The Morgan fingerprint density at radius 3 is 2.96 bits per heavy atom.